The van der Waals surface area contributed by atoms with Gasteiger partial charge in [-0.25, -0.2) is 0 Å². The molecule has 1 aliphatic heterocycles. The minimum atomic E-state index is -0.335. The molecular formula is C15H24ClN3O2. The van der Waals surface area contributed by atoms with Gasteiger partial charge >= 0.3 is 0 Å². The average Bonchev–Trinajstić information content (AvgIpc) is 2.83. The third-order valence-corrected chi connectivity index (χ3v) is 4.01. The van der Waals surface area contributed by atoms with Gasteiger partial charge in [0.2, 0.25) is 0 Å². The maximum absolute atomic E-state index is 10.8. The lowest BCUT2D eigenvalue weighted by Gasteiger charge is -2.29. The summed E-state index contributed by atoms with van der Waals surface area (Å²) in [5.74, 6) is 0. The summed E-state index contributed by atoms with van der Waals surface area (Å²) in [5, 5.41) is 14.2. The molecule has 0 bridgehead atoms. The van der Waals surface area contributed by atoms with Crippen LogP contribution in [-0.4, -0.2) is 43.0 Å². The van der Waals surface area contributed by atoms with Crippen molar-refractivity contribution in [2.75, 3.05) is 33.2 Å². The van der Waals surface area contributed by atoms with Crippen LogP contribution < -0.4 is 5.32 Å². The first-order valence-corrected chi connectivity index (χ1v) is 7.11. The molecule has 1 N–H and O–H groups in total. The summed E-state index contributed by atoms with van der Waals surface area (Å²) >= 11 is 0. The SMILES string of the molecule is CN(CCc1cccc([N+](=O)[O-])c1)CC1(C)CCNC1.Cl. The fourth-order valence-electron chi connectivity index (χ4n) is 2.88. The van der Waals surface area contributed by atoms with Gasteiger partial charge in [0, 0.05) is 31.8 Å². The number of rotatable bonds is 6. The molecule has 2 rings (SSSR count). The first-order chi connectivity index (χ1) is 9.48. The lowest BCUT2D eigenvalue weighted by Crippen LogP contribution is -2.36. The lowest BCUT2D eigenvalue weighted by atomic mass is 9.89. The number of nitro benzene ring substituents is 1. The number of hydrogen-bond acceptors (Lipinski definition) is 4. The van der Waals surface area contributed by atoms with Gasteiger partial charge in [-0.05, 0) is 37.4 Å². The normalized spacial score (nSPS) is 21.3. The Bertz CT molecular complexity index is 476. The largest absolute Gasteiger partial charge is 0.316 e. The second kappa shape index (κ2) is 7.73. The van der Waals surface area contributed by atoms with Gasteiger partial charge in [-0.1, -0.05) is 19.1 Å². The van der Waals surface area contributed by atoms with Gasteiger partial charge < -0.3 is 10.2 Å². The van der Waals surface area contributed by atoms with E-state index < -0.39 is 0 Å². The van der Waals surface area contributed by atoms with Crippen molar-refractivity contribution >= 4 is 18.1 Å². The van der Waals surface area contributed by atoms with Crippen molar-refractivity contribution in [3.05, 3.63) is 39.9 Å². The second-order valence-corrected chi connectivity index (χ2v) is 6.15. The highest BCUT2D eigenvalue weighted by Crippen LogP contribution is 2.25. The fourth-order valence-corrected chi connectivity index (χ4v) is 2.88. The van der Waals surface area contributed by atoms with Crippen molar-refractivity contribution in [2.45, 2.75) is 19.8 Å². The van der Waals surface area contributed by atoms with Crippen LogP contribution in [0.3, 0.4) is 0 Å². The molecule has 1 fully saturated rings. The van der Waals surface area contributed by atoms with E-state index in [9.17, 15) is 10.1 Å². The lowest BCUT2D eigenvalue weighted by molar-refractivity contribution is -0.384. The van der Waals surface area contributed by atoms with Gasteiger partial charge in [0.05, 0.1) is 4.92 Å². The third kappa shape index (κ3) is 5.26. The van der Waals surface area contributed by atoms with E-state index >= 15 is 0 Å². The Morgan fingerprint density at radius 2 is 2.24 bits per heavy atom. The minimum Gasteiger partial charge on any atom is -0.316 e. The highest BCUT2D eigenvalue weighted by molar-refractivity contribution is 5.85. The summed E-state index contributed by atoms with van der Waals surface area (Å²) in [7, 11) is 2.13. The Labute approximate surface area is 132 Å². The molecule has 1 heterocycles. The Hall–Kier alpha value is -1.17. The fraction of sp³-hybridized carbons (Fsp3) is 0.600. The third-order valence-electron chi connectivity index (χ3n) is 4.01. The first kappa shape index (κ1) is 17.9. The van der Waals surface area contributed by atoms with Gasteiger partial charge in [-0.3, -0.25) is 10.1 Å². The van der Waals surface area contributed by atoms with Crippen molar-refractivity contribution in [2.24, 2.45) is 5.41 Å². The number of nitrogens with one attached hydrogen (secondary N) is 1. The molecule has 6 heteroatoms. The van der Waals surface area contributed by atoms with Crippen LogP contribution in [0.1, 0.15) is 18.9 Å². The van der Waals surface area contributed by atoms with Crippen LogP contribution in [0.25, 0.3) is 0 Å². The monoisotopic (exact) mass is 313 g/mol. The first-order valence-electron chi connectivity index (χ1n) is 7.11. The molecule has 0 radical (unpaired) electrons. The molecule has 0 aromatic heterocycles. The predicted octanol–water partition coefficient (Wildman–Crippen LogP) is 2.49. The molecule has 1 aliphatic rings. The van der Waals surface area contributed by atoms with E-state index in [1.807, 2.05) is 6.07 Å². The number of benzene rings is 1. The van der Waals surface area contributed by atoms with E-state index in [0.717, 1.165) is 38.2 Å². The van der Waals surface area contributed by atoms with Crippen LogP contribution in [0, 0.1) is 15.5 Å². The molecule has 1 saturated heterocycles. The van der Waals surface area contributed by atoms with Crippen LogP contribution in [0.15, 0.2) is 24.3 Å². The smallest absolute Gasteiger partial charge is 0.269 e. The average molecular weight is 314 g/mol. The molecule has 0 aliphatic carbocycles. The number of nitro groups is 1. The van der Waals surface area contributed by atoms with E-state index in [2.05, 4.69) is 24.2 Å². The molecule has 1 atom stereocenters. The molecule has 0 spiro atoms. The summed E-state index contributed by atoms with van der Waals surface area (Å²) in [6, 6.07) is 6.93. The number of halogens is 1. The van der Waals surface area contributed by atoms with Gasteiger partial charge in [-0.2, -0.15) is 0 Å². The molecule has 1 aromatic rings. The number of non-ortho nitro benzene ring substituents is 1. The van der Waals surface area contributed by atoms with Crippen molar-refractivity contribution in [1.29, 1.82) is 0 Å². The Morgan fingerprint density at radius 1 is 1.48 bits per heavy atom. The van der Waals surface area contributed by atoms with Crippen LogP contribution in [0.4, 0.5) is 5.69 Å². The van der Waals surface area contributed by atoms with Crippen LogP contribution >= 0.6 is 12.4 Å². The summed E-state index contributed by atoms with van der Waals surface area (Å²) in [5.41, 5.74) is 1.56. The highest BCUT2D eigenvalue weighted by atomic mass is 35.5. The van der Waals surface area contributed by atoms with E-state index in [0.29, 0.717) is 5.41 Å². The number of likely N-dealkylation sites (N-methyl/N-ethyl adjacent to an activating group) is 1. The molecule has 5 nitrogen and oxygen atoms in total. The molecule has 0 amide bonds. The molecule has 0 saturated carbocycles. The molecular weight excluding hydrogens is 290 g/mol. The number of nitrogens with zero attached hydrogens (tertiary/aromatic N) is 2. The van der Waals surface area contributed by atoms with E-state index in [1.165, 1.54) is 6.42 Å². The van der Waals surface area contributed by atoms with Crippen molar-refractivity contribution in [1.82, 2.24) is 10.2 Å². The van der Waals surface area contributed by atoms with Crippen molar-refractivity contribution < 1.29 is 4.92 Å². The van der Waals surface area contributed by atoms with Crippen LogP contribution in [0.5, 0.6) is 0 Å². The predicted molar refractivity (Wildman–Crippen MR) is 87.1 cm³/mol. The quantitative estimate of drug-likeness (QED) is 0.647. The van der Waals surface area contributed by atoms with Crippen LogP contribution in [0.2, 0.25) is 0 Å². The van der Waals surface area contributed by atoms with Crippen LogP contribution in [-0.2, 0) is 6.42 Å². The standard InChI is InChI=1S/C15H23N3O2.ClH/c1-15(7-8-16-11-15)12-17(2)9-6-13-4-3-5-14(10-13)18(19)20;/h3-5,10,16H,6-9,11-12H2,1-2H3;1H. The van der Waals surface area contributed by atoms with Gasteiger partial charge in [0.15, 0.2) is 0 Å². The minimum absolute atomic E-state index is 0. The van der Waals surface area contributed by atoms with E-state index in [4.69, 9.17) is 0 Å². The number of hydrogen-bond donors (Lipinski definition) is 1. The molecule has 21 heavy (non-hydrogen) atoms. The van der Waals surface area contributed by atoms with Crippen molar-refractivity contribution in [3.8, 4) is 0 Å². The second-order valence-electron chi connectivity index (χ2n) is 6.15. The Morgan fingerprint density at radius 3 is 2.86 bits per heavy atom. The zero-order chi connectivity index (χ0) is 14.6. The summed E-state index contributed by atoms with van der Waals surface area (Å²) in [6.07, 6.45) is 2.07. The Kier molecular flexibility index (Phi) is 6.58. The molecule has 118 valence electrons. The van der Waals surface area contributed by atoms with Gasteiger partial charge in [-0.15, -0.1) is 12.4 Å². The van der Waals surface area contributed by atoms with Crippen molar-refractivity contribution in [3.63, 3.8) is 0 Å². The Balaban J connectivity index is 0.00000220. The maximum Gasteiger partial charge on any atom is 0.269 e. The van der Waals surface area contributed by atoms with Gasteiger partial charge in [0.1, 0.15) is 0 Å². The molecule has 1 aromatic carbocycles. The summed E-state index contributed by atoms with van der Waals surface area (Å²) in [4.78, 5) is 12.7. The van der Waals surface area contributed by atoms with E-state index in [-0.39, 0.29) is 23.0 Å². The highest BCUT2D eigenvalue weighted by Gasteiger charge is 2.29. The molecule has 1 unspecified atom stereocenters. The zero-order valence-electron chi connectivity index (χ0n) is 12.7. The maximum atomic E-state index is 10.8. The van der Waals surface area contributed by atoms with Gasteiger partial charge in [0.25, 0.3) is 5.69 Å². The summed E-state index contributed by atoms with van der Waals surface area (Å²) < 4.78 is 0. The van der Waals surface area contributed by atoms with E-state index in [1.54, 1.807) is 18.2 Å². The summed E-state index contributed by atoms with van der Waals surface area (Å²) in [6.45, 7) is 6.49. The topological polar surface area (TPSA) is 58.4 Å². The zero-order valence-corrected chi connectivity index (χ0v) is 13.5.